The summed E-state index contributed by atoms with van der Waals surface area (Å²) in [6.07, 6.45) is 6.38. The van der Waals surface area contributed by atoms with Crippen LogP contribution in [0.2, 0.25) is 0 Å². The average Bonchev–Trinajstić information content (AvgIpc) is 2.81. The van der Waals surface area contributed by atoms with Crippen LogP contribution in [0, 0.1) is 12.8 Å². The minimum absolute atomic E-state index is 0.391. The minimum Gasteiger partial charge on any atom is -0.369 e. The van der Waals surface area contributed by atoms with Crippen LogP contribution in [-0.2, 0) is 0 Å². The van der Waals surface area contributed by atoms with E-state index >= 15 is 0 Å². The number of fused-ring (bicyclic) bond motifs is 1. The molecule has 3 rings (SSSR count). The van der Waals surface area contributed by atoms with Crippen molar-refractivity contribution in [3.8, 4) is 0 Å². The number of anilines is 1. The summed E-state index contributed by atoms with van der Waals surface area (Å²) in [7, 11) is 0. The Balaban J connectivity index is 1.68. The van der Waals surface area contributed by atoms with Gasteiger partial charge in [0.2, 0.25) is 0 Å². The van der Waals surface area contributed by atoms with Crippen molar-refractivity contribution in [1.29, 1.82) is 0 Å². The van der Waals surface area contributed by atoms with Crippen LogP contribution in [0.3, 0.4) is 0 Å². The maximum Gasteiger partial charge on any atom is 0.147 e. The first-order valence-electron chi connectivity index (χ1n) is 6.81. The summed E-state index contributed by atoms with van der Waals surface area (Å²) in [4.78, 5) is 8.73. The molecule has 0 amide bonds. The topological polar surface area (TPSA) is 37.8 Å². The summed E-state index contributed by atoms with van der Waals surface area (Å²) in [6, 6.07) is 0. The number of hydrogen-bond acceptors (Lipinski definition) is 4. The molecule has 1 aliphatic carbocycles. The lowest BCUT2D eigenvalue weighted by Gasteiger charge is -2.25. The molecule has 102 valence electrons. The number of rotatable bonds is 3. The van der Waals surface area contributed by atoms with E-state index in [4.69, 9.17) is 11.6 Å². The number of alkyl halides is 1. The Morgan fingerprint density at radius 1 is 1.32 bits per heavy atom. The van der Waals surface area contributed by atoms with Crippen molar-refractivity contribution in [3.05, 3.63) is 17.3 Å². The molecule has 0 atom stereocenters. The van der Waals surface area contributed by atoms with Crippen LogP contribution in [0.4, 0.5) is 5.82 Å². The van der Waals surface area contributed by atoms with Crippen LogP contribution in [0.1, 0.15) is 31.2 Å². The van der Waals surface area contributed by atoms with Crippen molar-refractivity contribution in [2.45, 2.75) is 38.0 Å². The van der Waals surface area contributed by atoms with Gasteiger partial charge < -0.3 is 5.32 Å². The van der Waals surface area contributed by atoms with E-state index in [-0.39, 0.29) is 0 Å². The van der Waals surface area contributed by atoms with Gasteiger partial charge in [0.15, 0.2) is 0 Å². The number of nitrogens with one attached hydrogen (secondary N) is 1. The molecule has 0 aliphatic heterocycles. The molecule has 1 fully saturated rings. The molecule has 19 heavy (non-hydrogen) atoms. The highest BCUT2D eigenvalue weighted by Gasteiger charge is 2.19. The minimum atomic E-state index is 0.391. The van der Waals surface area contributed by atoms with Gasteiger partial charge in [-0.25, -0.2) is 9.97 Å². The van der Waals surface area contributed by atoms with Crippen molar-refractivity contribution >= 4 is 39.0 Å². The molecule has 0 bridgehead atoms. The van der Waals surface area contributed by atoms with Gasteiger partial charge in [0.05, 0.1) is 10.2 Å². The van der Waals surface area contributed by atoms with Crippen LogP contribution in [0.25, 0.3) is 10.2 Å². The van der Waals surface area contributed by atoms with E-state index in [0.717, 1.165) is 36.6 Å². The number of halogens is 1. The molecule has 5 heteroatoms. The number of nitrogens with zero attached hydrogens (tertiary/aromatic N) is 2. The fourth-order valence-corrected chi connectivity index (χ4v) is 3.88. The SMILES string of the molecule is Cc1csc2c(NCC3CCC(Cl)CC3)ncnc12. The molecule has 2 heterocycles. The Labute approximate surface area is 122 Å². The highest BCUT2D eigenvalue weighted by Crippen LogP contribution is 2.30. The highest BCUT2D eigenvalue weighted by atomic mass is 35.5. The predicted molar refractivity (Wildman–Crippen MR) is 82.2 cm³/mol. The third kappa shape index (κ3) is 2.84. The van der Waals surface area contributed by atoms with Crippen LogP contribution in [0.15, 0.2) is 11.7 Å². The van der Waals surface area contributed by atoms with E-state index in [0.29, 0.717) is 5.38 Å². The molecular weight excluding hydrogens is 278 g/mol. The van der Waals surface area contributed by atoms with Gasteiger partial charge in [-0.2, -0.15) is 0 Å². The maximum atomic E-state index is 6.14. The fraction of sp³-hybridized carbons (Fsp3) is 0.571. The quantitative estimate of drug-likeness (QED) is 0.862. The second-order valence-corrected chi connectivity index (χ2v) is 6.81. The predicted octanol–water partition coefficient (Wildman–Crippen LogP) is 4.21. The summed E-state index contributed by atoms with van der Waals surface area (Å²) in [5.74, 6) is 1.71. The summed E-state index contributed by atoms with van der Waals surface area (Å²) < 4.78 is 1.17. The van der Waals surface area contributed by atoms with E-state index in [1.54, 1.807) is 17.7 Å². The van der Waals surface area contributed by atoms with Crippen molar-refractivity contribution in [2.75, 3.05) is 11.9 Å². The van der Waals surface area contributed by atoms with E-state index in [1.165, 1.54) is 23.1 Å². The van der Waals surface area contributed by atoms with Crippen LogP contribution >= 0.6 is 22.9 Å². The first-order chi connectivity index (χ1) is 9.24. The number of thiophene rings is 1. The summed E-state index contributed by atoms with van der Waals surface area (Å²) in [5.41, 5.74) is 2.31. The fourth-order valence-electron chi connectivity index (χ4n) is 2.66. The molecule has 2 aromatic heterocycles. The van der Waals surface area contributed by atoms with Gasteiger partial charge >= 0.3 is 0 Å². The molecule has 2 aromatic rings. The van der Waals surface area contributed by atoms with E-state index in [2.05, 4.69) is 27.6 Å². The standard InChI is InChI=1S/C14H18ClN3S/c1-9-7-19-13-12(9)17-8-18-14(13)16-6-10-2-4-11(15)5-3-10/h7-8,10-11H,2-6H2,1H3,(H,16,17,18). The monoisotopic (exact) mass is 295 g/mol. The van der Waals surface area contributed by atoms with Gasteiger partial charge in [-0.15, -0.1) is 22.9 Å². The lowest BCUT2D eigenvalue weighted by atomic mass is 9.89. The lowest BCUT2D eigenvalue weighted by molar-refractivity contribution is 0.378. The van der Waals surface area contributed by atoms with Crippen LogP contribution < -0.4 is 5.32 Å². The molecule has 0 aromatic carbocycles. The van der Waals surface area contributed by atoms with Crippen molar-refractivity contribution in [1.82, 2.24) is 9.97 Å². The van der Waals surface area contributed by atoms with Crippen molar-refractivity contribution < 1.29 is 0 Å². The van der Waals surface area contributed by atoms with Gasteiger partial charge in [0.1, 0.15) is 12.1 Å². The van der Waals surface area contributed by atoms with E-state index in [9.17, 15) is 0 Å². The smallest absolute Gasteiger partial charge is 0.147 e. The molecular formula is C14H18ClN3S. The normalized spacial score (nSPS) is 23.7. The zero-order chi connectivity index (χ0) is 13.2. The van der Waals surface area contributed by atoms with Gasteiger partial charge in [-0.3, -0.25) is 0 Å². The van der Waals surface area contributed by atoms with E-state index < -0.39 is 0 Å². The van der Waals surface area contributed by atoms with Gasteiger partial charge in [0, 0.05) is 11.9 Å². The van der Waals surface area contributed by atoms with Crippen molar-refractivity contribution in [3.63, 3.8) is 0 Å². The molecule has 1 aliphatic rings. The molecule has 0 spiro atoms. The largest absolute Gasteiger partial charge is 0.369 e. The zero-order valence-corrected chi connectivity index (χ0v) is 12.6. The average molecular weight is 296 g/mol. The third-order valence-corrected chi connectivity index (χ3v) is 5.40. The molecule has 0 unspecified atom stereocenters. The van der Waals surface area contributed by atoms with Gasteiger partial charge in [-0.05, 0) is 49.5 Å². The highest BCUT2D eigenvalue weighted by molar-refractivity contribution is 7.18. The summed E-state index contributed by atoms with van der Waals surface area (Å²) in [6.45, 7) is 3.09. The number of hydrogen-bond donors (Lipinski definition) is 1. The van der Waals surface area contributed by atoms with Gasteiger partial charge in [0.25, 0.3) is 0 Å². The van der Waals surface area contributed by atoms with Crippen molar-refractivity contribution in [2.24, 2.45) is 5.92 Å². The summed E-state index contributed by atoms with van der Waals surface area (Å²) in [5, 5.41) is 6.03. The Morgan fingerprint density at radius 3 is 2.89 bits per heavy atom. The van der Waals surface area contributed by atoms with Crippen LogP contribution in [-0.4, -0.2) is 21.9 Å². The second kappa shape index (κ2) is 5.63. The third-order valence-electron chi connectivity index (χ3n) is 3.87. The second-order valence-electron chi connectivity index (χ2n) is 5.32. The van der Waals surface area contributed by atoms with Crippen LogP contribution in [0.5, 0.6) is 0 Å². The Bertz CT molecular complexity index is 561. The number of aromatic nitrogens is 2. The Kier molecular flexibility index (Phi) is 3.89. The first kappa shape index (κ1) is 13.1. The summed E-state index contributed by atoms with van der Waals surface area (Å²) >= 11 is 7.86. The van der Waals surface area contributed by atoms with Gasteiger partial charge in [-0.1, -0.05) is 0 Å². The molecule has 3 nitrogen and oxygen atoms in total. The molecule has 1 N–H and O–H groups in total. The molecule has 1 saturated carbocycles. The number of aryl methyl sites for hydroxylation is 1. The lowest BCUT2D eigenvalue weighted by Crippen LogP contribution is -2.21. The zero-order valence-electron chi connectivity index (χ0n) is 11.0. The maximum absolute atomic E-state index is 6.14. The Morgan fingerprint density at radius 2 is 2.11 bits per heavy atom. The first-order valence-corrected chi connectivity index (χ1v) is 8.12. The molecule has 0 saturated heterocycles. The van der Waals surface area contributed by atoms with E-state index in [1.807, 2.05) is 0 Å². The Hall–Kier alpha value is -0.870. The molecule has 0 radical (unpaired) electrons.